The Morgan fingerprint density at radius 2 is 1.87 bits per heavy atom. The van der Waals surface area contributed by atoms with E-state index in [2.05, 4.69) is 31.0 Å². The van der Waals surface area contributed by atoms with Gasteiger partial charge >= 0.3 is 0 Å². The van der Waals surface area contributed by atoms with Gasteiger partial charge in [0.1, 0.15) is 10.3 Å². The lowest BCUT2D eigenvalue weighted by Gasteiger charge is -2.00. The third-order valence-corrected chi connectivity index (χ3v) is 3.49. The molecule has 2 rings (SSSR count). The zero-order valence-electron chi connectivity index (χ0n) is 7.58. The molecule has 7 heteroatoms. The third kappa shape index (κ3) is 2.14. The molecule has 2 heterocycles. The highest BCUT2D eigenvalue weighted by Gasteiger charge is 2.11. The van der Waals surface area contributed by atoms with Gasteiger partial charge in [0.25, 0.3) is 0 Å². The van der Waals surface area contributed by atoms with E-state index < -0.39 is 0 Å². The second-order valence-electron chi connectivity index (χ2n) is 2.85. The number of aromatic nitrogens is 4. The van der Waals surface area contributed by atoms with E-state index >= 15 is 0 Å². The molecule has 0 saturated heterocycles. The number of halogens is 3. The topological polar surface area (TPSA) is 43.6 Å². The van der Waals surface area contributed by atoms with E-state index in [0.29, 0.717) is 10.3 Å². The van der Waals surface area contributed by atoms with Crippen LogP contribution in [0.15, 0.2) is 16.9 Å². The molecule has 0 bridgehead atoms. The molecule has 0 amide bonds. The van der Waals surface area contributed by atoms with Gasteiger partial charge in [0.2, 0.25) is 0 Å². The van der Waals surface area contributed by atoms with Gasteiger partial charge in [0.05, 0.1) is 16.2 Å². The number of hydrogen-bond donors (Lipinski definition) is 0. The number of aryl methyl sites for hydroxylation is 1. The van der Waals surface area contributed by atoms with E-state index in [1.54, 1.807) is 17.1 Å². The van der Waals surface area contributed by atoms with Crippen LogP contribution in [-0.4, -0.2) is 19.7 Å². The summed E-state index contributed by atoms with van der Waals surface area (Å²) in [5.74, 6) is 0.460. The monoisotopic (exact) mass is 306 g/mol. The molecule has 4 nitrogen and oxygen atoms in total. The fourth-order valence-corrected chi connectivity index (χ4v) is 1.62. The van der Waals surface area contributed by atoms with Crippen molar-refractivity contribution in [3.63, 3.8) is 0 Å². The Labute approximate surface area is 104 Å². The lowest BCUT2D eigenvalue weighted by atomic mass is 10.3. The molecule has 0 aliphatic rings. The summed E-state index contributed by atoms with van der Waals surface area (Å²) in [4.78, 5) is 8.17. The minimum absolute atomic E-state index is 0.286. The van der Waals surface area contributed by atoms with E-state index in [4.69, 9.17) is 23.2 Å². The second kappa shape index (κ2) is 4.08. The van der Waals surface area contributed by atoms with Gasteiger partial charge in [-0.3, -0.25) is 4.68 Å². The van der Waals surface area contributed by atoms with Gasteiger partial charge in [0.15, 0.2) is 5.82 Å². The fraction of sp³-hybridized carbons (Fsp3) is 0.125. The minimum Gasteiger partial charge on any atom is -0.275 e. The summed E-state index contributed by atoms with van der Waals surface area (Å²) in [6, 6.07) is 0. The van der Waals surface area contributed by atoms with Crippen LogP contribution >= 0.6 is 39.1 Å². The lowest BCUT2D eigenvalue weighted by molar-refractivity contribution is 0.768. The molecule has 0 aliphatic heterocycles. The Balaban J connectivity index is 2.55. The molecule has 0 spiro atoms. The van der Waals surface area contributed by atoms with E-state index in [1.807, 2.05) is 7.05 Å². The average Bonchev–Trinajstić information content (AvgIpc) is 2.60. The van der Waals surface area contributed by atoms with Crippen LogP contribution in [-0.2, 0) is 7.05 Å². The number of nitrogens with zero attached hydrogens (tertiary/aromatic N) is 4. The smallest absolute Gasteiger partial charge is 0.165 e. The van der Waals surface area contributed by atoms with Crippen molar-refractivity contribution in [1.29, 1.82) is 0 Å². The summed E-state index contributed by atoms with van der Waals surface area (Å²) in [6.45, 7) is 0. The summed E-state index contributed by atoms with van der Waals surface area (Å²) in [5.41, 5.74) is 0.772. The van der Waals surface area contributed by atoms with Gasteiger partial charge in [-0.1, -0.05) is 23.2 Å². The lowest BCUT2D eigenvalue weighted by Crippen LogP contribution is -1.91. The molecule has 0 atom stereocenters. The van der Waals surface area contributed by atoms with E-state index in [9.17, 15) is 0 Å². The van der Waals surface area contributed by atoms with Crippen molar-refractivity contribution < 1.29 is 0 Å². The van der Waals surface area contributed by atoms with Gasteiger partial charge in [-0.05, 0) is 15.9 Å². The molecule has 0 aromatic carbocycles. The Kier molecular flexibility index (Phi) is 2.95. The highest BCUT2D eigenvalue weighted by molar-refractivity contribution is 9.10. The normalized spacial score (nSPS) is 10.7. The quantitative estimate of drug-likeness (QED) is 0.761. The first-order valence-electron chi connectivity index (χ1n) is 3.95. The van der Waals surface area contributed by atoms with Crippen LogP contribution in [0.25, 0.3) is 11.4 Å². The molecular weight excluding hydrogens is 303 g/mol. The van der Waals surface area contributed by atoms with Crippen molar-refractivity contribution in [1.82, 2.24) is 19.7 Å². The summed E-state index contributed by atoms with van der Waals surface area (Å²) in [6.07, 6.45) is 3.44. The van der Waals surface area contributed by atoms with Crippen LogP contribution in [0.1, 0.15) is 0 Å². The van der Waals surface area contributed by atoms with E-state index in [0.717, 1.165) is 5.56 Å². The SMILES string of the molecule is Cn1cc(-c2nc(Cl)c(Br)c(Cl)n2)cn1. The zero-order valence-corrected chi connectivity index (χ0v) is 10.7. The minimum atomic E-state index is 0.286. The summed E-state index contributed by atoms with van der Waals surface area (Å²) < 4.78 is 2.15. The summed E-state index contributed by atoms with van der Waals surface area (Å²) in [5, 5.41) is 4.59. The summed E-state index contributed by atoms with van der Waals surface area (Å²) >= 11 is 14.9. The standard InChI is InChI=1S/C8H5BrCl2N4/c1-15-3-4(2-12-15)8-13-6(10)5(9)7(11)14-8/h2-3H,1H3. The van der Waals surface area contributed by atoms with Crippen molar-refractivity contribution >= 4 is 39.1 Å². The maximum atomic E-state index is 5.87. The van der Waals surface area contributed by atoms with Gasteiger partial charge in [0, 0.05) is 13.2 Å². The molecule has 2 aromatic heterocycles. The van der Waals surface area contributed by atoms with Crippen molar-refractivity contribution in [3.8, 4) is 11.4 Å². The predicted molar refractivity (Wildman–Crippen MR) is 62.0 cm³/mol. The van der Waals surface area contributed by atoms with Crippen LogP contribution in [0, 0.1) is 0 Å². The molecule has 0 radical (unpaired) electrons. The number of rotatable bonds is 1. The molecular formula is C8H5BrCl2N4. The Morgan fingerprint density at radius 1 is 1.27 bits per heavy atom. The Hall–Kier alpha value is -0.650. The van der Waals surface area contributed by atoms with E-state index in [-0.39, 0.29) is 10.3 Å². The molecule has 0 N–H and O–H groups in total. The zero-order chi connectivity index (χ0) is 11.0. The van der Waals surface area contributed by atoms with E-state index in [1.165, 1.54) is 0 Å². The maximum Gasteiger partial charge on any atom is 0.165 e. The molecule has 0 fully saturated rings. The number of hydrogen-bond acceptors (Lipinski definition) is 3. The molecule has 0 aliphatic carbocycles. The molecule has 15 heavy (non-hydrogen) atoms. The first kappa shape index (κ1) is 10.9. The fourth-order valence-electron chi connectivity index (χ4n) is 1.06. The van der Waals surface area contributed by atoms with Gasteiger partial charge in [-0.2, -0.15) is 5.10 Å². The first-order valence-corrected chi connectivity index (χ1v) is 5.50. The second-order valence-corrected chi connectivity index (χ2v) is 4.35. The highest BCUT2D eigenvalue weighted by Crippen LogP contribution is 2.29. The van der Waals surface area contributed by atoms with Crippen molar-refractivity contribution in [2.24, 2.45) is 7.05 Å². The van der Waals surface area contributed by atoms with Gasteiger partial charge in [-0.15, -0.1) is 0 Å². The molecule has 0 saturated carbocycles. The molecule has 2 aromatic rings. The van der Waals surface area contributed by atoms with Gasteiger partial charge in [-0.25, -0.2) is 9.97 Å². The summed E-state index contributed by atoms with van der Waals surface area (Å²) in [7, 11) is 1.81. The maximum absolute atomic E-state index is 5.87. The third-order valence-electron chi connectivity index (χ3n) is 1.73. The van der Waals surface area contributed by atoms with Crippen molar-refractivity contribution in [3.05, 3.63) is 27.2 Å². The highest BCUT2D eigenvalue weighted by atomic mass is 79.9. The predicted octanol–water partition coefficient (Wildman–Crippen LogP) is 2.95. The molecule has 78 valence electrons. The van der Waals surface area contributed by atoms with Crippen molar-refractivity contribution in [2.75, 3.05) is 0 Å². The molecule has 0 unspecified atom stereocenters. The Morgan fingerprint density at radius 3 is 2.33 bits per heavy atom. The van der Waals surface area contributed by atoms with Gasteiger partial charge < -0.3 is 0 Å². The average molecular weight is 308 g/mol. The van der Waals surface area contributed by atoms with Crippen LogP contribution in [0.2, 0.25) is 10.3 Å². The Bertz CT molecular complexity index is 488. The van der Waals surface area contributed by atoms with Crippen LogP contribution in [0.4, 0.5) is 0 Å². The van der Waals surface area contributed by atoms with Crippen LogP contribution in [0.5, 0.6) is 0 Å². The van der Waals surface area contributed by atoms with Crippen LogP contribution in [0.3, 0.4) is 0 Å². The largest absolute Gasteiger partial charge is 0.275 e. The first-order chi connectivity index (χ1) is 7.08. The van der Waals surface area contributed by atoms with Crippen LogP contribution < -0.4 is 0 Å². The van der Waals surface area contributed by atoms with Crippen molar-refractivity contribution in [2.45, 2.75) is 0 Å².